The summed E-state index contributed by atoms with van der Waals surface area (Å²) < 4.78 is 0. The van der Waals surface area contributed by atoms with Gasteiger partial charge in [-0.25, -0.2) is 0 Å². The summed E-state index contributed by atoms with van der Waals surface area (Å²) in [5.74, 6) is -0.187. The smallest absolute Gasteiger partial charge is 0.224 e. The normalized spacial score (nSPS) is 12.8. The molecule has 0 fully saturated rings. The number of hydrogen-bond acceptors (Lipinski definition) is 5. The van der Waals surface area contributed by atoms with Crippen molar-refractivity contribution in [3.8, 4) is 11.5 Å². The highest BCUT2D eigenvalue weighted by Gasteiger charge is 2.13. The van der Waals surface area contributed by atoms with Crippen LogP contribution in [0, 0.1) is 13.8 Å². The van der Waals surface area contributed by atoms with Gasteiger partial charge in [0.05, 0.1) is 12.5 Å². The van der Waals surface area contributed by atoms with Crippen LogP contribution in [0.2, 0.25) is 0 Å². The van der Waals surface area contributed by atoms with Crippen molar-refractivity contribution in [2.75, 3.05) is 6.54 Å². The number of aliphatic hydroxyl groups is 1. The van der Waals surface area contributed by atoms with Crippen LogP contribution in [0.15, 0.2) is 60.7 Å². The Hall–Kier alpha value is -3.35. The monoisotopic (exact) mass is 462 g/mol. The number of amides is 1. The fourth-order valence-corrected chi connectivity index (χ4v) is 3.90. The summed E-state index contributed by atoms with van der Waals surface area (Å²) in [7, 11) is 0. The van der Waals surface area contributed by atoms with Gasteiger partial charge in [-0.15, -0.1) is 0 Å². The molecule has 0 aliphatic carbocycles. The van der Waals surface area contributed by atoms with Crippen LogP contribution in [0.25, 0.3) is 0 Å². The lowest BCUT2D eigenvalue weighted by atomic mass is 10.0. The molecule has 0 aliphatic rings. The molecule has 1 amide bonds. The number of rotatable bonds is 10. The first-order valence-electron chi connectivity index (χ1n) is 11.5. The third-order valence-electron chi connectivity index (χ3n) is 5.93. The molecule has 0 bridgehead atoms. The van der Waals surface area contributed by atoms with Gasteiger partial charge in [-0.05, 0) is 72.7 Å². The third-order valence-corrected chi connectivity index (χ3v) is 5.93. The summed E-state index contributed by atoms with van der Waals surface area (Å²) in [5.41, 5.74) is 6.05. The van der Waals surface area contributed by atoms with E-state index in [1.807, 2.05) is 37.3 Å². The van der Waals surface area contributed by atoms with Gasteiger partial charge in [0.25, 0.3) is 0 Å². The summed E-state index contributed by atoms with van der Waals surface area (Å²) in [6.07, 6.45) is 0.198. The molecular weight excluding hydrogens is 428 g/mol. The van der Waals surface area contributed by atoms with E-state index in [4.69, 9.17) is 0 Å². The van der Waals surface area contributed by atoms with Crippen LogP contribution in [0.4, 0.5) is 0 Å². The molecule has 0 spiro atoms. The number of phenolic OH excluding ortho intramolecular Hbond substituents is 2. The van der Waals surface area contributed by atoms with Crippen LogP contribution in [0.5, 0.6) is 11.5 Å². The molecule has 0 unspecified atom stereocenters. The van der Waals surface area contributed by atoms with Crippen molar-refractivity contribution in [1.29, 1.82) is 0 Å². The maximum Gasteiger partial charge on any atom is 0.224 e. The molecule has 180 valence electrons. The molecule has 0 radical (unpaired) electrons. The van der Waals surface area contributed by atoms with Gasteiger partial charge in [0.1, 0.15) is 11.5 Å². The standard InChI is InChI=1S/C28H34N2O4/c1-18-7-8-23(9-19(18)2)16-30-28(34)12-22-6-4-5-21(11-22)10-20(3)29-17-27(33)24-13-25(31)15-26(32)14-24/h4-9,11,13-15,20,27,29,31-33H,10,12,16-17H2,1-3H3,(H,30,34)/t20-,27+/m1/s1. The van der Waals surface area contributed by atoms with E-state index in [-0.39, 0.29) is 30.0 Å². The molecular formula is C28H34N2O4. The van der Waals surface area contributed by atoms with Gasteiger partial charge < -0.3 is 26.0 Å². The predicted octanol–water partition coefficient (Wildman–Crippen LogP) is 3.83. The fraction of sp³-hybridized carbons (Fsp3) is 0.321. The van der Waals surface area contributed by atoms with E-state index in [1.165, 1.54) is 29.3 Å². The lowest BCUT2D eigenvalue weighted by molar-refractivity contribution is -0.120. The molecule has 3 aromatic rings. The van der Waals surface area contributed by atoms with Gasteiger partial charge >= 0.3 is 0 Å². The Kier molecular flexibility index (Phi) is 8.68. The number of aromatic hydroxyl groups is 2. The van der Waals surface area contributed by atoms with Crippen LogP contribution < -0.4 is 10.6 Å². The van der Waals surface area contributed by atoms with Gasteiger partial charge in [0.2, 0.25) is 5.91 Å². The second kappa shape index (κ2) is 11.7. The highest BCUT2D eigenvalue weighted by molar-refractivity contribution is 5.78. The Bertz CT molecular complexity index is 1110. The summed E-state index contributed by atoms with van der Waals surface area (Å²) in [4.78, 5) is 12.4. The number of aryl methyl sites for hydroxylation is 2. The molecule has 3 aromatic carbocycles. The zero-order chi connectivity index (χ0) is 24.7. The topological polar surface area (TPSA) is 102 Å². The largest absolute Gasteiger partial charge is 0.508 e. The van der Waals surface area contributed by atoms with E-state index in [0.29, 0.717) is 18.5 Å². The van der Waals surface area contributed by atoms with Gasteiger partial charge in [-0.1, -0.05) is 42.5 Å². The number of hydrogen-bond donors (Lipinski definition) is 5. The number of nitrogens with one attached hydrogen (secondary N) is 2. The van der Waals surface area contributed by atoms with E-state index in [0.717, 1.165) is 23.1 Å². The minimum atomic E-state index is -0.854. The third kappa shape index (κ3) is 7.61. The average molecular weight is 463 g/mol. The first-order valence-corrected chi connectivity index (χ1v) is 11.5. The first-order chi connectivity index (χ1) is 16.2. The molecule has 0 saturated heterocycles. The van der Waals surface area contributed by atoms with Crippen LogP contribution in [-0.2, 0) is 24.2 Å². The van der Waals surface area contributed by atoms with Crippen molar-refractivity contribution in [2.24, 2.45) is 0 Å². The van der Waals surface area contributed by atoms with Crippen molar-refractivity contribution >= 4 is 5.91 Å². The quantitative estimate of drug-likeness (QED) is 0.315. The molecule has 3 rings (SSSR count). The zero-order valence-corrected chi connectivity index (χ0v) is 20.0. The predicted molar refractivity (Wildman–Crippen MR) is 134 cm³/mol. The van der Waals surface area contributed by atoms with Gasteiger partial charge in [-0.3, -0.25) is 4.79 Å². The molecule has 0 aromatic heterocycles. The molecule has 0 saturated carbocycles. The second-order valence-electron chi connectivity index (χ2n) is 9.00. The summed E-state index contributed by atoms with van der Waals surface area (Å²) >= 11 is 0. The molecule has 5 N–H and O–H groups in total. The summed E-state index contributed by atoms with van der Waals surface area (Å²) in [6, 6.07) is 18.4. The number of aliphatic hydroxyl groups excluding tert-OH is 1. The summed E-state index contributed by atoms with van der Waals surface area (Å²) in [6.45, 7) is 6.96. The first kappa shape index (κ1) is 25.3. The van der Waals surface area contributed by atoms with Gasteiger partial charge in [0, 0.05) is 25.2 Å². The van der Waals surface area contributed by atoms with E-state index < -0.39 is 6.10 Å². The Balaban J connectivity index is 1.48. The average Bonchev–Trinajstić information content (AvgIpc) is 2.78. The van der Waals surface area contributed by atoms with Crippen molar-refractivity contribution in [3.63, 3.8) is 0 Å². The van der Waals surface area contributed by atoms with Gasteiger partial charge in [-0.2, -0.15) is 0 Å². The second-order valence-corrected chi connectivity index (χ2v) is 9.00. The van der Waals surface area contributed by atoms with E-state index in [2.05, 4.69) is 36.6 Å². The van der Waals surface area contributed by atoms with Crippen LogP contribution >= 0.6 is 0 Å². The van der Waals surface area contributed by atoms with Gasteiger partial charge in [0.15, 0.2) is 0 Å². The number of carbonyl (C=O) groups excluding carboxylic acids is 1. The van der Waals surface area contributed by atoms with Crippen molar-refractivity contribution in [2.45, 2.75) is 52.3 Å². The summed E-state index contributed by atoms with van der Waals surface area (Å²) in [5, 5.41) is 35.8. The van der Waals surface area contributed by atoms with Crippen LogP contribution in [0.3, 0.4) is 0 Å². The van der Waals surface area contributed by atoms with E-state index >= 15 is 0 Å². The van der Waals surface area contributed by atoms with E-state index in [9.17, 15) is 20.1 Å². The Labute approximate surface area is 201 Å². The van der Waals surface area contributed by atoms with Crippen molar-refractivity contribution in [3.05, 3.63) is 94.0 Å². The molecule has 2 atom stereocenters. The highest BCUT2D eigenvalue weighted by Crippen LogP contribution is 2.24. The van der Waals surface area contributed by atoms with Crippen LogP contribution in [-0.4, -0.2) is 33.8 Å². The van der Waals surface area contributed by atoms with Crippen molar-refractivity contribution < 1.29 is 20.1 Å². The minimum Gasteiger partial charge on any atom is -0.508 e. The minimum absolute atomic E-state index is 0.0148. The molecule has 6 heteroatoms. The lowest BCUT2D eigenvalue weighted by Crippen LogP contribution is -2.32. The molecule has 0 aliphatic heterocycles. The molecule has 34 heavy (non-hydrogen) atoms. The Morgan fingerprint density at radius 2 is 1.59 bits per heavy atom. The number of carbonyl (C=O) groups is 1. The van der Waals surface area contributed by atoms with Crippen LogP contribution in [0.1, 0.15) is 46.4 Å². The molecule has 0 heterocycles. The number of benzene rings is 3. The highest BCUT2D eigenvalue weighted by atomic mass is 16.3. The molecule has 6 nitrogen and oxygen atoms in total. The van der Waals surface area contributed by atoms with E-state index in [1.54, 1.807) is 0 Å². The Morgan fingerprint density at radius 1 is 0.882 bits per heavy atom. The SMILES string of the molecule is Cc1ccc(CNC(=O)Cc2cccc(C[C@@H](C)NC[C@H](O)c3cc(O)cc(O)c3)c2)cc1C. The number of phenols is 2. The Morgan fingerprint density at radius 3 is 2.29 bits per heavy atom. The maximum atomic E-state index is 12.4. The maximum absolute atomic E-state index is 12.4. The van der Waals surface area contributed by atoms with Crippen molar-refractivity contribution in [1.82, 2.24) is 10.6 Å². The zero-order valence-electron chi connectivity index (χ0n) is 20.0. The lowest BCUT2D eigenvalue weighted by Gasteiger charge is -2.18. The fourth-order valence-electron chi connectivity index (χ4n) is 3.90.